The van der Waals surface area contributed by atoms with Crippen molar-refractivity contribution in [1.29, 1.82) is 0 Å². The Kier molecular flexibility index (Phi) is 4.52. The Bertz CT molecular complexity index is 486. The molecular weight excluding hydrogens is 244 g/mol. The molecule has 3 N–H and O–H groups in total. The van der Waals surface area contributed by atoms with Gasteiger partial charge in [0, 0.05) is 12.2 Å². The highest BCUT2D eigenvalue weighted by Crippen LogP contribution is 2.24. The van der Waals surface area contributed by atoms with Gasteiger partial charge in [-0.3, -0.25) is 9.59 Å². The number of rotatable bonds is 6. The summed E-state index contributed by atoms with van der Waals surface area (Å²) in [6.07, 6.45) is 3.41. The first kappa shape index (κ1) is 13.5. The Morgan fingerprint density at radius 3 is 2.79 bits per heavy atom. The number of aryl methyl sites for hydroxylation is 2. The van der Waals surface area contributed by atoms with E-state index in [2.05, 4.69) is 16.7 Å². The van der Waals surface area contributed by atoms with Crippen molar-refractivity contribution in [2.45, 2.75) is 25.7 Å². The van der Waals surface area contributed by atoms with Crippen molar-refractivity contribution in [3.05, 3.63) is 29.3 Å². The molecule has 1 aliphatic rings. The third kappa shape index (κ3) is 4.06. The summed E-state index contributed by atoms with van der Waals surface area (Å²) in [7, 11) is 0. The molecule has 1 amide bonds. The Hall–Kier alpha value is -1.88. The highest BCUT2D eigenvalue weighted by Gasteiger charge is 2.11. The van der Waals surface area contributed by atoms with Gasteiger partial charge in [0.1, 0.15) is 0 Å². The average Bonchev–Trinajstić information content (AvgIpc) is 2.82. The zero-order chi connectivity index (χ0) is 13.7. The van der Waals surface area contributed by atoms with Gasteiger partial charge in [0.25, 0.3) is 0 Å². The number of benzene rings is 1. The van der Waals surface area contributed by atoms with Crippen LogP contribution >= 0.6 is 0 Å². The number of carbonyl (C=O) groups excluding carboxylic acids is 1. The molecule has 0 saturated heterocycles. The molecule has 0 unspecified atom stereocenters. The fourth-order valence-corrected chi connectivity index (χ4v) is 2.25. The van der Waals surface area contributed by atoms with Crippen LogP contribution in [0.4, 0.5) is 5.69 Å². The van der Waals surface area contributed by atoms with E-state index in [1.165, 1.54) is 17.5 Å². The normalized spacial score (nSPS) is 13.1. The number of amides is 1. The highest BCUT2D eigenvalue weighted by molar-refractivity contribution is 5.92. The topological polar surface area (TPSA) is 78.4 Å². The number of anilines is 1. The number of aliphatic carboxylic acids is 1. The van der Waals surface area contributed by atoms with Crippen LogP contribution in [0.2, 0.25) is 0 Å². The molecule has 0 aromatic heterocycles. The fourth-order valence-electron chi connectivity index (χ4n) is 2.25. The molecule has 0 radical (unpaired) electrons. The smallest absolute Gasteiger partial charge is 0.304 e. The minimum Gasteiger partial charge on any atom is -0.481 e. The zero-order valence-electron chi connectivity index (χ0n) is 10.7. The number of hydrogen-bond acceptors (Lipinski definition) is 3. The maximum absolute atomic E-state index is 11.6. The summed E-state index contributed by atoms with van der Waals surface area (Å²) in [6, 6.07) is 6.01. The molecule has 0 atom stereocenters. The lowest BCUT2D eigenvalue weighted by atomic mass is 10.1. The van der Waals surface area contributed by atoms with Crippen LogP contribution in [0, 0.1) is 0 Å². The third-order valence-electron chi connectivity index (χ3n) is 3.18. The monoisotopic (exact) mass is 262 g/mol. The minimum atomic E-state index is -0.869. The summed E-state index contributed by atoms with van der Waals surface area (Å²) in [5.74, 6) is -1.02. The van der Waals surface area contributed by atoms with Crippen LogP contribution in [0.25, 0.3) is 0 Å². The fraction of sp³-hybridized carbons (Fsp3) is 0.429. The molecule has 0 heterocycles. The molecule has 1 aliphatic carbocycles. The van der Waals surface area contributed by atoms with Crippen molar-refractivity contribution in [3.8, 4) is 0 Å². The summed E-state index contributed by atoms with van der Waals surface area (Å²) >= 11 is 0. The molecule has 102 valence electrons. The van der Waals surface area contributed by atoms with Gasteiger partial charge in [-0.25, -0.2) is 0 Å². The van der Waals surface area contributed by atoms with Crippen LogP contribution in [0.1, 0.15) is 24.0 Å². The largest absolute Gasteiger partial charge is 0.481 e. The van der Waals surface area contributed by atoms with Crippen molar-refractivity contribution in [2.24, 2.45) is 0 Å². The zero-order valence-corrected chi connectivity index (χ0v) is 10.7. The Balaban J connectivity index is 1.77. The van der Waals surface area contributed by atoms with E-state index in [0.717, 1.165) is 18.5 Å². The standard InChI is InChI=1S/C14H18N2O3/c17-13(9-15-7-6-14(18)19)16-12-5-4-10-2-1-3-11(10)8-12/h4-5,8,15H,1-3,6-7,9H2,(H,16,17)(H,18,19). The number of carboxylic acids is 1. The van der Waals surface area contributed by atoms with Gasteiger partial charge in [0.05, 0.1) is 13.0 Å². The molecule has 5 nitrogen and oxygen atoms in total. The van der Waals surface area contributed by atoms with E-state index < -0.39 is 5.97 Å². The average molecular weight is 262 g/mol. The third-order valence-corrected chi connectivity index (χ3v) is 3.18. The van der Waals surface area contributed by atoms with Crippen LogP contribution in [-0.4, -0.2) is 30.1 Å². The van der Waals surface area contributed by atoms with E-state index in [9.17, 15) is 9.59 Å². The SMILES string of the molecule is O=C(O)CCNCC(=O)Nc1ccc2c(c1)CCC2. The molecule has 0 saturated carbocycles. The van der Waals surface area contributed by atoms with Crippen LogP contribution in [0.5, 0.6) is 0 Å². The molecule has 1 aromatic carbocycles. The summed E-state index contributed by atoms with van der Waals surface area (Å²) in [5.41, 5.74) is 3.50. The molecule has 0 fully saturated rings. The van der Waals surface area contributed by atoms with Crippen molar-refractivity contribution in [2.75, 3.05) is 18.4 Å². The molecule has 2 rings (SSSR count). The van der Waals surface area contributed by atoms with E-state index >= 15 is 0 Å². The molecule has 5 heteroatoms. The Morgan fingerprint density at radius 2 is 2.00 bits per heavy atom. The highest BCUT2D eigenvalue weighted by atomic mass is 16.4. The molecule has 19 heavy (non-hydrogen) atoms. The number of nitrogens with one attached hydrogen (secondary N) is 2. The first-order valence-corrected chi connectivity index (χ1v) is 6.49. The van der Waals surface area contributed by atoms with Gasteiger partial charge >= 0.3 is 5.97 Å². The van der Waals surface area contributed by atoms with Crippen LogP contribution in [0.15, 0.2) is 18.2 Å². The summed E-state index contributed by atoms with van der Waals surface area (Å²) in [5, 5.41) is 14.1. The maximum Gasteiger partial charge on any atom is 0.304 e. The van der Waals surface area contributed by atoms with E-state index in [4.69, 9.17) is 5.11 Å². The number of carbonyl (C=O) groups is 2. The molecule has 0 aliphatic heterocycles. The molecule has 1 aromatic rings. The van der Waals surface area contributed by atoms with E-state index in [1.807, 2.05) is 12.1 Å². The van der Waals surface area contributed by atoms with E-state index in [0.29, 0.717) is 6.54 Å². The lowest BCUT2D eigenvalue weighted by molar-refractivity contribution is -0.137. The quantitative estimate of drug-likeness (QED) is 0.673. The Morgan fingerprint density at radius 1 is 1.21 bits per heavy atom. The summed E-state index contributed by atoms with van der Waals surface area (Å²) < 4.78 is 0. The lowest BCUT2D eigenvalue weighted by Crippen LogP contribution is -2.29. The first-order valence-electron chi connectivity index (χ1n) is 6.49. The summed E-state index contributed by atoms with van der Waals surface area (Å²) in [4.78, 5) is 21.9. The van der Waals surface area contributed by atoms with E-state index in [-0.39, 0.29) is 18.9 Å². The van der Waals surface area contributed by atoms with Crippen molar-refractivity contribution < 1.29 is 14.7 Å². The van der Waals surface area contributed by atoms with Gasteiger partial charge in [-0.05, 0) is 42.5 Å². The second kappa shape index (κ2) is 6.33. The van der Waals surface area contributed by atoms with Gasteiger partial charge in [-0.1, -0.05) is 6.07 Å². The van der Waals surface area contributed by atoms with Crippen LogP contribution in [-0.2, 0) is 22.4 Å². The van der Waals surface area contributed by atoms with Gasteiger partial charge in [-0.15, -0.1) is 0 Å². The van der Waals surface area contributed by atoms with Crippen molar-refractivity contribution >= 4 is 17.6 Å². The van der Waals surface area contributed by atoms with Gasteiger partial charge in [-0.2, -0.15) is 0 Å². The van der Waals surface area contributed by atoms with Gasteiger partial charge in [0.2, 0.25) is 5.91 Å². The summed E-state index contributed by atoms with van der Waals surface area (Å²) in [6.45, 7) is 0.428. The maximum atomic E-state index is 11.6. The minimum absolute atomic E-state index is 0.0200. The second-order valence-electron chi connectivity index (χ2n) is 4.71. The number of carboxylic acid groups (broad SMARTS) is 1. The molecule has 0 spiro atoms. The lowest BCUT2D eigenvalue weighted by Gasteiger charge is -2.08. The molecule has 0 bridgehead atoms. The van der Waals surface area contributed by atoms with Crippen LogP contribution < -0.4 is 10.6 Å². The van der Waals surface area contributed by atoms with Gasteiger partial charge < -0.3 is 15.7 Å². The molecular formula is C14H18N2O3. The predicted octanol–water partition coefficient (Wildman–Crippen LogP) is 1.18. The van der Waals surface area contributed by atoms with Gasteiger partial charge in [0.15, 0.2) is 0 Å². The number of fused-ring (bicyclic) bond motifs is 1. The van der Waals surface area contributed by atoms with Crippen molar-refractivity contribution in [3.63, 3.8) is 0 Å². The number of hydrogen-bond donors (Lipinski definition) is 3. The van der Waals surface area contributed by atoms with E-state index in [1.54, 1.807) is 0 Å². The predicted molar refractivity (Wildman–Crippen MR) is 72.2 cm³/mol. The van der Waals surface area contributed by atoms with Crippen LogP contribution in [0.3, 0.4) is 0 Å². The second-order valence-corrected chi connectivity index (χ2v) is 4.71. The Labute approximate surface area is 112 Å². The first-order chi connectivity index (χ1) is 9.15. The van der Waals surface area contributed by atoms with Crippen molar-refractivity contribution in [1.82, 2.24) is 5.32 Å².